The molecule has 8 nitrogen and oxygen atoms in total. The molecule has 4 rings (SSSR count). The van der Waals surface area contributed by atoms with Gasteiger partial charge in [-0.2, -0.15) is 0 Å². The molecule has 0 aliphatic carbocycles. The molecule has 0 saturated heterocycles. The summed E-state index contributed by atoms with van der Waals surface area (Å²) in [6, 6.07) is 14.9. The van der Waals surface area contributed by atoms with Crippen LogP contribution in [0.3, 0.4) is 0 Å². The average molecular weight is 475 g/mol. The molecule has 8 heteroatoms. The van der Waals surface area contributed by atoms with Gasteiger partial charge in [0.05, 0.1) is 19.8 Å². The lowest BCUT2D eigenvalue weighted by Crippen LogP contribution is -2.04. The van der Waals surface area contributed by atoms with Gasteiger partial charge in [0.15, 0.2) is 28.8 Å². The summed E-state index contributed by atoms with van der Waals surface area (Å²) in [5.74, 6) is 1.24. The number of phenols is 3. The van der Waals surface area contributed by atoms with E-state index >= 15 is 0 Å². The topological polar surface area (TPSA) is 114 Å². The summed E-state index contributed by atoms with van der Waals surface area (Å²) in [7, 11) is 2.95. The van der Waals surface area contributed by atoms with Crippen molar-refractivity contribution >= 4 is 0 Å². The van der Waals surface area contributed by atoms with Gasteiger partial charge in [0.2, 0.25) is 0 Å². The zero-order valence-corrected chi connectivity index (χ0v) is 19.9. The zero-order chi connectivity index (χ0) is 25.1. The molecule has 4 aromatic rings. The Morgan fingerprint density at radius 3 is 2.00 bits per heavy atom. The van der Waals surface area contributed by atoms with E-state index in [9.17, 15) is 15.3 Å². The highest BCUT2D eigenvalue weighted by Gasteiger charge is 2.22. The quantitative estimate of drug-likeness (QED) is 0.337. The number of aromatic nitrogens is 2. The van der Waals surface area contributed by atoms with Crippen LogP contribution in [0.4, 0.5) is 0 Å². The highest BCUT2D eigenvalue weighted by Crippen LogP contribution is 2.50. The average Bonchev–Trinajstić information content (AvgIpc) is 2.82. The molecular formula is C27H26N2O6. The fourth-order valence-electron chi connectivity index (χ4n) is 3.93. The van der Waals surface area contributed by atoms with E-state index in [2.05, 4.69) is 9.97 Å². The lowest BCUT2D eigenvalue weighted by atomic mass is 9.96. The smallest absolute Gasteiger partial charge is 0.170 e. The Morgan fingerprint density at radius 1 is 0.743 bits per heavy atom. The number of rotatable bonds is 7. The van der Waals surface area contributed by atoms with Gasteiger partial charge in [-0.25, -0.2) is 9.97 Å². The lowest BCUT2D eigenvalue weighted by Gasteiger charge is -2.18. The van der Waals surface area contributed by atoms with E-state index in [1.807, 2.05) is 19.9 Å². The van der Waals surface area contributed by atoms with Gasteiger partial charge in [0, 0.05) is 17.0 Å². The molecule has 0 fully saturated rings. The second-order valence-corrected chi connectivity index (χ2v) is 7.97. The predicted octanol–water partition coefficient (Wildman–Crippen LogP) is 5.14. The van der Waals surface area contributed by atoms with Crippen LogP contribution in [0.1, 0.15) is 17.2 Å². The molecule has 0 aliphatic rings. The molecule has 3 aromatic carbocycles. The van der Waals surface area contributed by atoms with E-state index < -0.39 is 0 Å². The van der Waals surface area contributed by atoms with Crippen molar-refractivity contribution < 1.29 is 29.5 Å². The van der Waals surface area contributed by atoms with Crippen molar-refractivity contribution in [3.63, 3.8) is 0 Å². The maximum absolute atomic E-state index is 11.1. The number of ether oxygens (including phenoxy) is 3. The van der Waals surface area contributed by atoms with Crippen LogP contribution < -0.4 is 14.2 Å². The largest absolute Gasteiger partial charge is 0.508 e. The zero-order valence-electron chi connectivity index (χ0n) is 19.9. The minimum Gasteiger partial charge on any atom is -0.508 e. The molecule has 0 saturated carbocycles. The van der Waals surface area contributed by atoms with Gasteiger partial charge in [0.1, 0.15) is 18.1 Å². The number of aromatic hydroxyl groups is 3. The van der Waals surface area contributed by atoms with Gasteiger partial charge < -0.3 is 29.5 Å². The third kappa shape index (κ3) is 4.91. The molecule has 0 radical (unpaired) electrons. The Morgan fingerprint density at radius 2 is 1.40 bits per heavy atom. The third-order valence-electron chi connectivity index (χ3n) is 5.45. The predicted molar refractivity (Wildman–Crippen MR) is 131 cm³/mol. The maximum atomic E-state index is 11.1. The van der Waals surface area contributed by atoms with Crippen LogP contribution in [0.5, 0.6) is 34.5 Å². The van der Waals surface area contributed by atoms with Crippen molar-refractivity contribution in [2.24, 2.45) is 0 Å². The van der Waals surface area contributed by atoms with E-state index in [1.165, 1.54) is 20.3 Å². The van der Waals surface area contributed by atoms with E-state index in [4.69, 9.17) is 14.2 Å². The lowest BCUT2D eigenvalue weighted by molar-refractivity contribution is 0.280. The van der Waals surface area contributed by atoms with Crippen LogP contribution in [0.25, 0.3) is 22.3 Å². The number of benzene rings is 3. The molecule has 180 valence electrons. The molecule has 0 atom stereocenters. The van der Waals surface area contributed by atoms with Crippen molar-refractivity contribution in [3.8, 4) is 56.8 Å². The first kappa shape index (κ1) is 23.7. The van der Waals surface area contributed by atoms with Crippen molar-refractivity contribution in [2.75, 3.05) is 14.2 Å². The van der Waals surface area contributed by atoms with Crippen LogP contribution in [0, 0.1) is 13.8 Å². The second-order valence-electron chi connectivity index (χ2n) is 7.97. The van der Waals surface area contributed by atoms with Crippen LogP contribution in [0.2, 0.25) is 0 Å². The molecule has 0 amide bonds. The van der Waals surface area contributed by atoms with Gasteiger partial charge in [-0.05, 0) is 61.4 Å². The summed E-state index contributed by atoms with van der Waals surface area (Å²) >= 11 is 0. The van der Waals surface area contributed by atoms with Crippen molar-refractivity contribution in [3.05, 3.63) is 71.8 Å². The van der Waals surface area contributed by atoms with Crippen molar-refractivity contribution in [1.82, 2.24) is 9.97 Å². The number of nitrogens with zero attached hydrogens (tertiary/aromatic N) is 2. The van der Waals surface area contributed by atoms with Gasteiger partial charge in [-0.15, -0.1) is 0 Å². The van der Waals surface area contributed by atoms with E-state index in [1.54, 1.807) is 42.5 Å². The molecule has 0 unspecified atom stereocenters. The highest BCUT2D eigenvalue weighted by atomic mass is 16.5. The summed E-state index contributed by atoms with van der Waals surface area (Å²) in [6.07, 6.45) is 0. The Balaban J connectivity index is 1.69. The van der Waals surface area contributed by atoms with Crippen molar-refractivity contribution in [1.29, 1.82) is 0 Å². The van der Waals surface area contributed by atoms with E-state index in [0.717, 1.165) is 17.0 Å². The van der Waals surface area contributed by atoms with Crippen LogP contribution in [-0.2, 0) is 6.61 Å². The second kappa shape index (κ2) is 9.80. The van der Waals surface area contributed by atoms with Gasteiger partial charge >= 0.3 is 0 Å². The standard InChI is InChI=1S/C27H26N2O6/c1-15-11-16(2)29-24(28-15)14-35-22-10-7-18(12-21(22)31)25-23(33-3)13-20(27(34-4)26(25)32)17-5-8-19(30)9-6-17/h5-13,30-32H,14H2,1-4H3. The molecule has 1 aromatic heterocycles. The Labute approximate surface area is 203 Å². The van der Waals surface area contributed by atoms with E-state index in [-0.39, 0.29) is 35.4 Å². The molecule has 3 N–H and O–H groups in total. The monoisotopic (exact) mass is 474 g/mol. The third-order valence-corrected chi connectivity index (χ3v) is 5.45. The molecule has 35 heavy (non-hydrogen) atoms. The van der Waals surface area contributed by atoms with Gasteiger partial charge in [0.25, 0.3) is 0 Å². The molecule has 1 heterocycles. The number of hydrogen-bond acceptors (Lipinski definition) is 8. The normalized spacial score (nSPS) is 10.7. The summed E-state index contributed by atoms with van der Waals surface area (Å²) in [6.45, 7) is 3.86. The summed E-state index contributed by atoms with van der Waals surface area (Å²) in [4.78, 5) is 8.68. The number of hydrogen-bond donors (Lipinski definition) is 3. The van der Waals surface area contributed by atoms with Gasteiger partial charge in [-0.1, -0.05) is 18.2 Å². The SMILES string of the molecule is COc1cc(-c2ccc(O)cc2)c(OC)c(O)c1-c1ccc(OCc2nc(C)cc(C)n2)c(O)c1. The van der Waals surface area contributed by atoms with Crippen LogP contribution >= 0.6 is 0 Å². The molecular weight excluding hydrogens is 448 g/mol. The number of methoxy groups -OCH3 is 2. The molecule has 0 spiro atoms. The first-order chi connectivity index (χ1) is 16.8. The van der Waals surface area contributed by atoms with Crippen molar-refractivity contribution in [2.45, 2.75) is 20.5 Å². The molecule has 0 aliphatic heterocycles. The number of phenolic OH excluding ortho intramolecular Hbond substituents is 3. The Hall–Kier alpha value is -4.46. The summed E-state index contributed by atoms with van der Waals surface area (Å²) < 4.78 is 16.8. The van der Waals surface area contributed by atoms with Crippen LogP contribution in [-0.4, -0.2) is 39.5 Å². The Bertz CT molecular complexity index is 1350. The van der Waals surface area contributed by atoms with Gasteiger partial charge in [-0.3, -0.25) is 0 Å². The molecule has 0 bridgehead atoms. The summed E-state index contributed by atoms with van der Waals surface area (Å²) in [5.41, 5.74) is 3.84. The fraction of sp³-hybridized carbons (Fsp3) is 0.185. The number of aryl methyl sites for hydroxylation is 2. The fourth-order valence-corrected chi connectivity index (χ4v) is 3.93. The first-order valence-corrected chi connectivity index (χ1v) is 10.9. The Kier molecular flexibility index (Phi) is 6.64. The minimum absolute atomic E-state index is 0.0964. The highest BCUT2D eigenvalue weighted by molar-refractivity contribution is 5.88. The van der Waals surface area contributed by atoms with E-state index in [0.29, 0.717) is 28.3 Å². The first-order valence-electron chi connectivity index (χ1n) is 10.9. The summed E-state index contributed by atoms with van der Waals surface area (Å²) in [5, 5.41) is 31.4. The van der Waals surface area contributed by atoms with Crippen LogP contribution in [0.15, 0.2) is 54.6 Å². The maximum Gasteiger partial charge on any atom is 0.170 e. The minimum atomic E-state index is -0.147.